The van der Waals surface area contributed by atoms with Crippen LogP contribution in [0.4, 0.5) is 10.6 Å². The summed E-state index contributed by atoms with van der Waals surface area (Å²) in [6.07, 6.45) is 0.672. The third kappa shape index (κ3) is 3.99. The first-order valence-electron chi connectivity index (χ1n) is 5.87. The number of anilines is 1. The number of carbonyl (C=O) groups excluding carboxylic acids is 1. The van der Waals surface area contributed by atoms with E-state index in [1.54, 1.807) is 13.0 Å². The predicted molar refractivity (Wildman–Crippen MR) is 73.4 cm³/mol. The first-order valence-corrected chi connectivity index (χ1v) is 6.24. The van der Waals surface area contributed by atoms with Gasteiger partial charge in [0.2, 0.25) is 0 Å². The molecule has 1 aromatic heterocycles. The minimum Gasteiger partial charge on any atom is -0.360 e. The second-order valence-corrected chi connectivity index (χ2v) is 4.45. The van der Waals surface area contributed by atoms with Crippen LogP contribution in [-0.4, -0.2) is 17.7 Å². The zero-order valence-electron chi connectivity index (χ0n) is 10.4. The van der Waals surface area contributed by atoms with Gasteiger partial charge in [-0.3, -0.25) is 5.32 Å². The molecule has 2 N–H and O–H groups in total. The summed E-state index contributed by atoms with van der Waals surface area (Å²) in [5.41, 5.74) is 1.00. The van der Waals surface area contributed by atoms with E-state index < -0.39 is 0 Å². The highest BCUT2D eigenvalue weighted by Gasteiger charge is 2.05. The molecule has 5 nitrogen and oxygen atoms in total. The van der Waals surface area contributed by atoms with Gasteiger partial charge < -0.3 is 9.84 Å². The lowest BCUT2D eigenvalue weighted by Gasteiger charge is -2.06. The highest BCUT2D eigenvalue weighted by molar-refractivity contribution is 6.31. The van der Waals surface area contributed by atoms with E-state index in [1.807, 2.05) is 24.3 Å². The fraction of sp³-hybridized carbons (Fsp3) is 0.231. The number of aryl methyl sites for hydroxylation is 1. The number of halogens is 1. The van der Waals surface area contributed by atoms with E-state index in [0.717, 1.165) is 5.56 Å². The lowest BCUT2D eigenvalue weighted by atomic mass is 10.1. The number of hydrogen-bond acceptors (Lipinski definition) is 3. The maximum Gasteiger partial charge on any atom is 0.320 e. The van der Waals surface area contributed by atoms with E-state index >= 15 is 0 Å². The van der Waals surface area contributed by atoms with Crippen LogP contribution in [0.25, 0.3) is 0 Å². The topological polar surface area (TPSA) is 67.2 Å². The Kier molecular flexibility index (Phi) is 4.41. The van der Waals surface area contributed by atoms with Gasteiger partial charge in [-0.2, -0.15) is 0 Å². The number of urea groups is 1. The third-order valence-electron chi connectivity index (χ3n) is 2.51. The summed E-state index contributed by atoms with van der Waals surface area (Å²) < 4.78 is 4.84. The van der Waals surface area contributed by atoms with Gasteiger partial charge in [0.1, 0.15) is 5.76 Å². The molecule has 0 aliphatic heterocycles. The van der Waals surface area contributed by atoms with Crippen molar-refractivity contribution in [3.63, 3.8) is 0 Å². The standard InChI is InChI=1S/C13H14ClN3O2/c1-9-8-12(17-19-9)16-13(18)15-7-6-10-4-2-3-5-11(10)14/h2-5,8H,6-7H2,1H3,(H2,15,16,17,18). The molecule has 0 saturated carbocycles. The van der Waals surface area contributed by atoms with Crippen LogP contribution >= 0.6 is 11.6 Å². The van der Waals surface area contributed by atoms with E-state index in [9.17, 15) is 4.79 Å². The molecule has 6 heteroatoms. The van der Waals surface area contributed by atoms with Crippen LogP contribution < -0.4 is 10.6 Å². The molecule has 0 aliphatic rings. The lowest BCUT2D eigenvalue weighted by Crippen LogP contribution is -2.30. The third-order valence-corrected chi connectivity index (χ3v) is 2.88. The van der Waals surface area contributed by atoms with Crippen LogP contribution in [0, 0.1) is 6.92 Å². The van der Waals surface area contributed by atoms with Crippen LogP contribution in [0.2, 0.25) is 5.02 Å². The first kappa shape index (κ1) is 13.4. The summed E-state index contributed by atoms with van der Waals surface area (Å²) in [5, 5.41) is 9.67. The summed E-state index contributed by atoms with van der Waals surface area (Å²) in [4.78, 5) is 11.6. The number of aromatic nitrogens is 1. The Hall–Kier alpha value is -2.01. The number of amides is 2. The first-order chi connectivity index (χ1) is 9.15. The molecule has 0 unspecified atom stereocenters. The van der Waals surface area contributed by atoms with E-state index in [-0.39, 0.29) is 6.03 Å². The van der Waals surface area contributed by atoms with Crippen molar-refractivity contribution in [2.24, 2.45) is 0 Å². The molecule has 1 heterocycles. The van der Waals surface area contributed by atoms with Gasteiger partial charge in [0.25, 0.3) is 0 Å². The largest absolute Gasteiger partial charge is 0.360 e. The van der Waals surface area contributed by atoms with Crippen LogP contribution in [0.1, 0.15) is 11.3 Å². The van der Waals surface area contributed by atoms with Crippen molar-refractivity contribution in [3.8, 4) is 0 Å². The monoisotopic (exact) mass is 279 g/mol. The number of benzene rings is 1. The molecule has 100 valence electrons. The fourth-order valence-corrected chi connectivity index (χ4v) is 1.83. The molecule has 1 aromatic carbocycles. The van der Waals surface area contributed by atoms with E-state index in [0.29, 0.717) is 29.6 Å². The number of nitrogens with zero attached hydrogens (tertiary/aromatic N) is 1. The lowest BCUT2D eigenvalue weighted by molar-refractivity contribution is 0.252. The molecule has 19 heavy (non-hydrogen) atoms. The summed E-state index contributed by atoms with van der Waals surface area (Å²) in [6.45, 7) is 2.25. The Morgan fingerprint density at radius 1 is 1.42 bits per heavy atom. The van der Waals surface area contributed by atoms with Crippen molar-refractivity contribution in [2.45, 2.75) is 13.3 Å². The average Bonchev–Trinajstić information content (AvgIpc) is 2.77. The van der Waals surface area contributed by atoms with Crippen molar-refractivity contribution < 1.29 is 9.32 Å². The highest BCUT2D eigenvalue weighted by atomic mass is 35.5. The van der Waals surface area contributed by atoms with Crippen molar-refractivity contribution in [1.82, 2.24) is 10.5 Å². The minimum absolute atomic E-state index is 0.319. The molecule has 0 saturated heterocycles. The van der Waals surface area contributed by atoms with Gasteiger partial charge in [-0.05, 0) is 25.0 Å². The van der Waals surface area contributed by atoms with Gasteiger partial charge in [-0.1, -0.05) is 35.0 Å². The van der Waals surface area contributed by atoms with Gasteiger partial charge >= 0.3 is 6.03 Å². The molecular formula is C13H14ClN3O2. The van der Waals surface area contributed by atoms with Gasteiger partial charge in [0.15, 0.2) is 5.82 Å². The molecule has 0 spiro atoms. The van der Waals surface area contributed by atoms with Crippen LogP contribution in [0.15, 0.2) is 34.9 Å². The van der Waals surface area contributed by atoms with Crippen LogP contribution in [-0.2, 0) is 6.42 Å². The summed E-state index contributed by atoms with van der Waals surface area (Å²) in [7, 11) is 0. The molecule has 2 amide bonds. The Morgan fingerprint density at radius 2 is 2.21 bits per heavy atom. The van der Waals surface area contributed by atoms with E-state index in [4.69, 9.17) is 16.1 Å². The van der Waals surface area contributed by atoms with Gasteiger partial charge in [0.05, 0.1) is 0 Å². The average molecular weight is 280 g/mol. The maximum absolute atomic E-state index is 11.6. The second kappa shape index (κ2) is 6.24. The Bertz CT molecular complexity index is 569. The Morgan fingerprint density at radius 3 is 2.89 bits per heavy atom. The molecule has 0 atom stereocenters. The summed E-state index contributed by atoms with van der Waals surface area (Å²) in [6, 6.07) is 8.88. The molecule has 2 aromatic rings. The molecule has 0 aliphatic carbocycles. The van der Waals surface area contributed by atoms with Gasteiger partial charge in [-0.15, -0.1) is 0 Å². The molecule has 0 bridgehead atoms. The van der Waals surface area contributed by atoms with Crippen molar-refractivity contribution in [1.29, 1.82) is 0 Å². The summed E-state index contributed by atoms with van der Waals surface area (Å²) >= 11 is 6.02. The molecular weight excluding hydrogens is 266 g/mol. The van der Waals surface area contributed by atoms with E-state index in [2.05, 4.69) is 15.8 Å². The van der Waals surface area contributed by atoms with Crippen LogP contribution in [0.3, 0.4) is 0 Å². The fourth-order valence-electron chi connectivity index (χ4n) is 1.60. The van der Waals surface area contributed by atoms with Crippen molar-refractivity contribution >= 4 is 23.4 Å². The summed E-state index contributed by atoms with van der Waals surface area (Å²) in [5.74, 6) is 1.04. The van der Waals surface area contributed by atoms with Gasteiger partial charge in [0, 0.05) is 17.6 Å². The molecule has 0 radical (unpaired) electrons. The Balaban J connectivity index is 1.77. The smallest absolute Gasteiger partial charge is 0.320 e. The van der Waals surface area contributed by atoms with Crippen molar-refractivity contribution in [2.75, 3.05) is 11.9 Å². The zero-order valence-corrected chi connectivity index (χ0v) is 11.2. The maximum atomic E-state index is 11.6. The minimum atomic E-state index is -0.319. The van der Waals surface area contributed by atoms with Crippen molar-refractivity contribution in [3.05, 3.63) is 46.7 Å². The van der Waals surface area contributed by atoms with Gasteiger partial charge in [-0.25, -0.2) is 4.79 Å². The van der Waals surface area contributed by atoms with E-state index in [1.165, 1.54) is 0 Å². The Labute approximate surface area is 115 Å². The molecule has 2 rings (SSSR count). The zero-order chi connectivity index (χ0) is 13.7. The number of hydrogen-bond donors (Lipinski definition) is 2. The number of nitrogens with one attached hydrogen (secondary N) is 2. The number of carbonyl (C=O) groups is 1. The highest BCUT2D eigenvalue weighted by Crippen LogP contribution is 2.14. The van der Waals surface area contributed by atoms with Crippen LogP contribution in [0.5, 0.6) is 0 Å². The quantitative estimate of drug-likeness (QED) is 0.904. The second-order valence-electron chi connectivity index (χ2n) is 4.05. The number of rotatable bonds is 4. The normalized spacial score (nSPS) is 10.2. The SMILES string of the molecule is Cc1cc(NC(=O)NCCc2ccccc2Cl)no1. The predicted octanol–water partition coefficient (Wildman–Crippen LogP) is 3.00. The molecule has 0 fully saturated rings.